The quantitative estimate of drug-likeness (QED) is 0.869. The van der Waals surface area contributed by atoms with E-state index in [9.17, 15) is 0 Å². The van der Waals surface area contributed by atoms with Gasteiger partial charge in [0.25, 0.3) is 0 Å². The van der Waals surface area contributed by atoms with E-state index in [-0.39, 0.29) is 5.54 Å². The molecule has 1 saturated heterocycles. The average Bonchev–Trinajstić information content (AvgIpc) is 2.35. The number of piperazine rings is 1. The summed E-state index contributed by atoms with van der Waals surface area (Å²) in [5, 5.41) is 5.12. The first-order chi connectivity index (χ1) is 9.77. The molecule has 1 unspecified atom stereocenters. The Hall–Kier alpha value is -0.280. The number of nitrogens with zero attached hydrogens (tertiary/aromatic N) is 1. The van der Waals surface area contributed by atoms with Gasteiger partial charge in [0.1, 0.15) is 0 Å². The van der Waals surface area contributed by atoms with Crippen molar-refractivity contribution in [2.24, 2.45) is 5.92 Å². The fourth-order valence-corrected chi connectivity index (χ4v) is 3.51. The Morgan fingerprint density at radius 1 is 1.33 bits per heavy atom. The van der Waals surface area contributed by atoms with E-state index < -0.39 is 0 Å². The van der Waals surface area contributed by atoms with Crippen LogP contribution >= 0.6 is 23.2 Å². The van der Waals surface area contributed by atoms with Gasteiger partial charge in [-0.1, -0.05) is 43.1 Å². The molecule has 118 valence electrons. The lowest BCUT2D eigenvalue weighted by Gasteiger charge is -2.45. The van der Waals surface area contributed by atoms with E-state index >= 15 is 0 Å². The minimum Gasteiger partial charge on any atom is -0.309 e. The third kappa shape index (κ3) is 4.85. The van der Waals surface area contributed by atoms with Gasteiger partial charge in [0.15, 0.2) is 0 Å². The van der Waals surface area contributed by atoms with Gasteiger partial charge in [-0.3, -0.25) is 4.90 Å². The molecule has 0 aromatic heterocycles. The number of benzene rings is 1. The highest BCUT2D eigenvalue weighted by Gasteiger charge is 2.32. The van der Waals surface area contributed by atoms with Crippen LogP contribution in [0.25, 0.3) is 0 Å². The summed E-state index contributed by atoms with van der Waals surface area (Å²) < 4.78 is 0. The molecule has 1 aliphatic heterocycles. The summed E-state index contributed by atoms with van der Waals surface area (Å²) in [4.78, 5) is 2.56. The first-order valence-electron chi connectivity index (χ1n) is 7.70. The van der Waals surface area contributed by atoms with Gasteiger partial charge >= 0.3 is 0 Å². The molecular weight excluding hydrogens is 303 g/mol. The molecule has 0 spiro atoms. The third-order valence-electron chi connectivity index (χ3n) is 4.06. The van der Waals surface area contributed by atoms with Crippen LogP contribution in [0.1, 0.15) is 39.7 Å². The van der Waals surface area contributed by atoms with Crippen molar-refractivity contribution < 1.29 is 0 Å². The van der Waals surface area contributed by atoms with Crippen LogP contribution in [-0.4, -0.2) is 29.6 Å². The standard InChI is InChI=1S/C17H26Cl2N2/c1-12(2)7-15-9-20-17(3,4)11-21(15)10-13-5-6-14(18)8-16(13)19/h5-6,8,12,15,20H,7,9-11H2,1-4H3. The van der Waals surface area contributed by atoms with Crippen LogP contribution < -0.4 is 5.32 Å². The lowest BCUT2D eigenvalue weighted by Crippen LogP contribution is -2.61. The van der Waals surface area contributed by atoms with Gasteiger partial charge in [0.05, 0.1) is 0 Å². The highest BCUT2D eigenvalue weighted by atomic mass is 35.5. The highest BCUT2D eigenvalue weighted by molar-refractivity contribution is 6.35. The fraction of sp³-hybridized carbons (Fsp3) is 0.647. The molecule has 0 radical (unpaired) electrons. The molecule has 0 bridgehead atoms. The van der Waals surface area contributed by atoms with Crippen molar-refractivity contribution in [1.29, 1.82) is 0 Å². The Labute approximate surface area is 138 Å². The molecule has 1 N–H and O–H groups in total. The summed E-state index contributed by atoms with van der Waals surface area (Å²) in [5.74, 6) is 0.696. The van der Waals surface area contributed by atoms with E-state index in [1.54, 1.807) is 0 Å². The molecular formula is C17H26Cl2N2. The molecule has 0 aliphatic carbocycles. The number of hydrogen-bond acceptors (Lipinski definition) is 2. The van der Waals surface area contributed by atoms with Gasteiger partial charge in [0.2, 0.25) is 0 Å². The van der Waals surface area contributed by atoms with E-state index in [0.717, 1.165) is 30.2 Å². The van der Waals surface area contributed by atoms with Crippen LogP contribution in [0.2, 0.25) is 10.0 Å². The summed E-state index contributed by atoms with van der Waals surface area (Å²) >= 11 is 12.3. The van der Waals surface area contributed by atoms with Gasteiger partial charge in [-0.25, -0.2) is 0 Å². The van der Waals surface area contributed by atoms with Gasteiger partial charge in [-0.15, -0.1) is 0 Å². The monoisotopic (exact) mass is 328 g/mol. The normalized spacial score (nSPS) is 22.7. The third-order valence-corrected chi connectivity index (χ3v) is 4.65. The molecule has 4 heteroatoms. The maximum atomic E-state index is 6.35. The zero-order chi connectivity index (χ0) is 15.6. The Kier molecular flexibility index (Phi) is 5.59. The van der Waals surface area contributed by atoms with Gasteiger partial charge in [-0.05, 0) is 43.9 Å². The minimum absolute atomic E-state index is 0.145. The van der Waals surface area contributed by atoms with E-state index in [2.05, 4.69) is 37.9 Å². The molecule has 1 fully saturated rings. The number of halogens is 2. The number of nitrogens with one attached hydrogen (secondary N) is 1. The fourth-order valence-electron chi connectivity index (χ4n) is 3.05. The van der Waals surface area contributed by atoms with Gasteiger partial charge in [-0.2, -0.15) is 0 Å². The van der Waals surface area contributed by atoms with Crippen molar-refractivity contribution in [2.45, 2.75) is 52.2 Å². The van der Waals surface area contributed by atoms with Gasteiger partial charge < -0.3 is 5.32 Å². The summed E-state index contributed by atoms with van der Waals surface area (Å²) in [6.07, 6.45) is 1.20. The highest BCUT2D eigenvalue weighted by Crippen LogP contribution is 2.26. The van der Waals surface area contributed by atoms with Crippen molar-refractivity contribution in [3.63, 3.8) is 0 Å². The average molecular weight is 329 g/mol. The van der Waals surface area contributed by atoms with Crippen molar-refractivity contribution in [3.05, 3.63) is 33.8 Å². The lowest BCUT2D eigenvalue weighted by atomic mass is 9.93. The van der Waals surface area contributed by atoms with Crippen molar-refractivity contribution >= 4 is 23.2 Å². The summed E-state index contributed by atoms with van der Waals surface area (Å²) in [5.41, 5.74) is 1.30. The van der Waals surface area contributed by atoms with E-state index in [4.69, 9.17) is 23.2 Å². The summed E-state index contributed by atoms with van der Waals surface area (Å²) in [6, 6.07) is 6.37. The second-order valence-corrected chi connectivity index (χ2v) is 8.03. The van der Waals surface area contributed by atoms with Crippen LogP contribution in [0, 0.1) is 5.92 Å². The van der Waals surface area contributed by atoms with E-state index in [1.165, 1.54) is 6.42 Å². The van der Waals surface area contributed by atoms with Crippen molar-refractivity contribution in [1.82, 2.24) is 10.2 Å². The van der Waals surface area contributed by atoms with Crippen LogP contribution in [0.5, 0.6) is 0 Å². The van der Waals surface area contributed by atoms with Crippen LogP contribution in [-0.2, 0) is 6.54 Å². The SMILES string of the molecule is CC(C)CC1CNC(C)(C)CN1Cc1ccc(Cl)cc1Cl. The first-order valence-corrected chi connectivity index (χ1v) is 8.45. The minimum atomic E-state index is 0.145. The smallest absolute Gasteiger partial charge is 0.0465 e. The predicted octanol–water partition coefficient (Wildman–Crippen LogP) is 4.59. The van der Waals surface area contributed by atoms with Crippen LogP contribution in [0.3, 0.4) is 0 Å². The van der Waals surface area contributed by atoms with Crippen LogP contribution in [0.4, 0.5) is 0 Å². The van der Waals surface area contributed by atoms with Crippen molar-refractivity contribution in [2.75, 3.05) is 13.1 Å². The molecule has 1 atom stereocenters. The zero-order valence-electron chi connectivity index (χ0n) is 13.4. The molecule has 2 rings (SSSR count). The number of hydrogen-bond donors (Lipinski definition) is 1. The van der Waals surface area contributed by atoms with Gasteiger partial charge in [0, 0.05) is 41.3 Å². The Bertz CT molecular complexity index is 486. The molecule has 0 amide bonds. The zero-order valence-corrected chi connectivity index (χ0v) is 14.9. The molecule has 1 heterocycles. The molecule has 1 aliphatic rings. The van der Waals surface area contributed by atoms with E-state index in [0.29, 0.717) is 17.0 Å². The predicted molar refractivity (Wildman–Crippen MR) is 92.2 cm³/mol. The Morgan fingerprint density at radius 2 is 2.05 bits per heavy atom. The van der Waals surface area contributed by atoms with Crippen LogP contribution in [0.15, 0.2) is 18.2 Å². The molecule has 1 aromatic carbocycles. The summed E-state index contributed by atoms with van der Waals surface area (Å²) in [7, 11) is 0. The topological polar surface area (TPSA) is 15.3 Å². The number of rotatable bonds is 4. The molecule has 0 saturated carbocycles. The Morgan fingerprint density at radius 3 is 2.67 bits per heavy atom. The maximum absolute atomic E-state index is 6.35. The summed E-state index contributed by atoms with van der Waals surface area (Å²) in [6.45, 7) is 12.0. The second kappa shape index (κ2) is 6.87. The Balaban J connectivity index is 2.15. The lowest BCUT2D eigenvalue weighted by molar-refractivity contribution is 0.0760. The van der Waals surface area contributed by atoms with Crippen molar-refractivity contribution in [3.8, 4) is 0 Å². The maximum Gasteiger partial charge on any atom is 0.0465 e. The second-order valence-electron chi connectivity index (χ2n) is 7.19. The van der Waals surface area contributed by atoms with E-state index in [1.807, 2.05) is 18.2 Å². The molecule has 1 aromatic rings. The molecule has 2 nitrogen and oxygen atoms in total. The largest absolute Gasteiger partial charge is 0.309 e. The molecule has 21 heavy (non-hydrogen) atoms. The first kappa shape index (κ1) is 17.1.